The molecule has 5 heteroatoms. The van der Waals surface area contributed by atoms with Gasteiger partial charge in [0.1, 0.15) is 0 Å². The lowest BCUT2D eigenvalue weighted by atomic mass is 9.96. The first-order valence-electron chi connectivity index (χ1n) is 8.45. The van der Waals surface area contributed by atoms with Crippen molar-refractivity contribution in [2.24, 2.45) is 5.92 Å². The molecule has 0 radical (unpaired) electrons. The molecule has 0 spiro atoms. The van der Waals surface area contributed by atoms with E-state index in [1.165, 1.54) is 5.56 Å². The zero-order valence-electron chi connectivity index (χ0n) is 14.1. The average Bonchev–Trinajstić information content (AvgIpc) is 2.55. The van der Waals surface area contributed by atoms with Crippen molar-refractivity contribution in [1.29, 1.82) is 0 Å². The van der Waals surface area contributed by atoms with Crippen LogP contribution in [0.3, 0.4) is 0 Å². The maximum atomic E-state index is 12.1. The third-order valence-corrected chi connectivity index (χ3v) is 4.21. The molecule has 5 nitrogen and oxygen atoms in total. The van der Waals surface area contributed by atoms with Crippen LogP contribution in [0.4, 0.5) is 5.69 Å². The lowest BCUT2D eigenvalue weighted by Crippen LogP contribution is -2.43. The first-order valence-corrected chi connectivity index (χ1v) is 8.45. The van der Waals surface area contributed by atoms with Crippen molar-refractivity contribution < 1.29 is 9.59 Å². The normalized spacial score (nSPS) is 16.1. The van der Waals surface area contributed by atoms with Gasteiger partial charge in [-0.25, -0.2) is 0 Å². The molecule has 0 aromatic heterocycles. The minimum atomic E-state index is 0.00253. The van der Waals surface area contributed by atoms with Crippen LogP contribution in [0.2, 0.25) is 0 Å². The summed E-state index contributed by atoms with van der Waals surface area (Å²) in [6, 6.07) is 7.79. The average molecular weight is 317 g/mol. The third kappa shape index (κ3) is 5.67. The molecule has 0 bridgehead atoms. The topological polar surface area (TPSA) is 61.4 Å². The lowest BCUT2D eigenvalue weighted by molar-refractivity contribution is -0.126. The molecule has 1 heterocycles. The molecular weight excluding hydrogens is 290 g/mol. The van der Waals surface area contributed by atoms with Gasteiger partial charge in [-0.2, -0.15) is 0 Å². The van der Waals surface area contributed by atoms with E-state index in [0.717, 1.165) is 44.6 Å². The highest BCUT2D eigenvalue weighted by Crippen LogP contribution is 2.17. The van der Waals surface area contributed by atoms with Gasteiger partial charge < -0.3 is 10.6 Å². The Bertz CT molecular complexity index is 520. The van der Waals surface area contributed by atoms with Crippen molar-refractivity contribution in [1.82, 2.24) is 10.2 Å². The highest BCUT2D eigenvalue weighted by atomic mass is 16.2. The molecule has 2 N–H and O–H groups in total. The fourth-order valence-corrected chi connectivity index (χ4v) is 2.79. The summed E-state index contributed by atoms with van der Waals surface area (Å²) in [5, 5.41) is 5.88. The Morgan fingerprint density at radius 3 is 2.43 bits per heavy atom. The van der Waals surface area contributed by atoms with Crippen molar-refractivity contribution in [3.63, 3.8) is 0 Å². The summed E-state index contributed by atoms with van der Waals surface area (Å²) in [4.78, 5) is 26.2. The number of carbonyl (C=O) groups is 2. The van der Waals surface area contributed by atoms with Crippen LogP contribution < -0.4 is 10.6 Å². The molecule has 2 amide bonds. The summed E-state index contributed by atoms with van der Waals surface area (Å²) in [5.74, 6) is 0.260. The van der Waals surface area contributed by atoms with Gasteiger partial charge in [0.2, 0.25) is 11.8 Å². The van der Waals surface area contributed by atoms with Crippen molar-refractivity contribution in [2.75, 3.05) is 31.5 Å². The van der Waals surface area contributed by atoms with E-state index in [1.807, 2.05) is 31.2 Å². The fraction of sp³-hybridized carbons (Fsp3) is 0.556. The largest absolute Gasteiger partial charge is 0.356 e. The molecule has 1 aromatic rings. The predicted molar refractivity (Wildman–Crippen MR) is 92.3 cm³/mol. The Hall–Kier alpha value is -1.88. The monoisotopic (exact) mass is 317 g/mol. The van der Waals surface area contributed by atoms with Crippen LogP contribution in [-0.2, 0) is 9.59 Å². The first kappa shape index (κ1) is 17.5. The zero-order valence-corrected chi connectivity index (χ0v) is 14.1. The summed E-state index contributed by atoms with van der Waals surface area (Å²) in [6.07, 6.45) is 2.62. The van der Waals surface area contributed by atoms with E-state index in [1.54, 1.807) is 0 Å². The van der Waals surface area contributed by atoms with Crippen LogP contribution in [0.15, 0.2) is 24.3 Å². The molecule has 0 atom stereocenters. The minimum Gasteiger partial charge on any atom is -0.356 e. The molecular formula is C18H27N3O2. The molecule has 2 rings (SSSR count). The van der Waals surface area contributed by atoms with Gasteiger partial charge in [0.15, 0.2) is 0 Å². The van der Waals surface area contributed by atoms with Crippen LogP contribution in [0.5, 0.6) is 0 Å². The predicted octanol–water partition coefficient (Wildman–Crippen LogP) is 2.17. The van der Waals surface area contributed by atoms with Gasteiger partial charge in [-0.05, 0) is 51.4 Å². The Labute approximate surface area is 138 Å². The summed E-state index contributed by atoms with van der Waals surface area (Å²) in [5.41, 5.74) is 2.00. The van der Waals surface area contributed by atoms with E-state index in [9.17, 15) is 9.59 Å². The van der Waals surface area contributed by atoms with Gasteiger partial charge in [-0.15, -0.1) is 0 Å². The standard InChI is InChI=1S/C18H27N3O2/c1-3-10-19-18(23)15-8-11-21(12-9-15)13-17(22)20-16-6-4-14(2)5-7-16/h4-7,15H,3,8-13H2,1-2H3,(H,19,23)(H,20,22). The number of amides is 2. The second-order valence-corrected chi connectivity index (χ2v) is 6.26. The van der Waals surface area contributed by atoms with E-state index < -0.39 is 0 Å². The SMILES string of the molecule is CCCNC(=O)C1CCN(CC(=O)Nc2ccc(C)cc2)CC1. The molecule has 1 aliphatic heterocycles. The molecule has 1 fully saturated rings. The lowest BCUT2D eigenvalue weighted by Gasteiger charge is -2.30. The van der Waals surface area contributed by atoms with Gasteiger partial charge in [-0.3, -0.25) is 14.5 Å². The van der Waals surface area contributed by atoms with E-state index >= 15 is 0 Å². The van der Waals surface area contributed by atoms with Gasteiger partial charge in [0.05, 0.1) is 6.54 Å². The number of piperidine rings is 1. The zero-order chi connectivity index (χ0) is 16.7. The minimum absolute atomic E-state index is 0.00253. The summed E-state index contributed by atoms with van der Waals surface area (Å²) >= 11 is 0. The number of hydrogen-bond acceptors (Lipinski definition) is 3. The quantitative estimate of drug-likeness (QED) is 0.845. The molecule has 1 saturated heterocycles. The molecule has 23 heavy (non-hydrogen) atoms. The molecule has 1 aliphatic rings. The van der Waals surface area contributed by atoms with E-state index in [4.69, 9.17) is 0 Å². The maximum absolute atomic E-state index is 12.1. The summed E-state index contributed by atoms with van der Waals surface area (Å²) < 4.78 is 0. The third-order valence-electron chi connectivity index (χ3n) is 4.21. The number of aryl methyl sites for hydroxylation is 1. The molecule has 126 valence electrons. The second kappa shape index (κ2) is 8.67. The number of benzene rings is 1. The number of rotatable bonds is 6. The first-order chi connectivity index (χ1) is 11.1. The Balaban J connectivity index is 1.72. The second-order valence-electron chi connectivity index (χ2n) is 6.26. The van der Waals surface area contributed by atoms with Crippen LogP contribution in [0.25, 0.3) is 0 Å². The van der Waals surface area contributed by atoms with Gasteiger partial charge in [-0.1, -0.05) is 24.6 Å². The number of anilines is 1. The molecule has 0 saturated carbocycles. The number of nitrogens with one attached hydrogen (secondary N) is 2. The van der Waals surface area contributed by atoms with E-state index in [-0.39, 0.29) is 17.7 Å². The highest BCUT2D eigenvalue weighted by Gasteiger charge is 2.25. The summed E-state index contributed by atoms with van der Waals surface area (Å²) in [7, 11) is 0. The van der Waals surface area contributed by atoms with Crippen LogP contribution in [-0.4, -0.2) is 42.9 Å². The fourth-order valence-electron chi connectivity index (χ4n) is 2.79. The van der Waals surface area contributed by atoms with Crippen molar-refractivity contribution in [2.45, 2.75) is 33.1 Å². The van der Waals surface area contributed by atoms with E-state index in [2.05, 4.69) is 22.5 Å². The number of carbonyl (C=O) groups excluding carboxylic acids is 2. The number of nitrogens with zero attached hydrogens (tertiary/aromatic N) is 1. The molecule has 0 unspecified atom stereocenters. The Morgan fingerprint density at radius 1 is 1.17 bits per heavy atom. The summed E-state index contributed by atoms with van der Waals surface area (Å²) in [6.45, 7) is 6.80. The smallest absolute Gasteiger partial charge is 0.238 e. The van der Waals surface area contributed by atoms with Crippen LogP contribution in [0.1, 0.15) is 31.7 Å². The van der Waals surface area contributed by atoms with Crippen LogP contribution in [0, 0.1) is 12.8 Å². The number of likely N-dealkylation sites (tertiary alicyclic amines) is 1. The molecule has 1 aromatic carbocycles. The van der Waals surface area contributed by atoms with Gasteiger partial charge in [0, 0.05) is 18.2 Å². The van der Waals surface area contributed by atoms with Crippen molar-refractivity contribution >= 4 is 17.5 Å². The molecule has 0 aliphatic carbocycles. The van der Waals surface area contributed by atoms with Gasteiger partial charge in [0.25, 0.3) is 0 Å². The Kier molecular flexibility index (Phi) is 6.59. The van der Waals surface area contributed by atoms with E-state index in [0.29, 0.717) is 6.54 Å². The van der Waals surface area contributed by atoms with Crippen molar-refractivity contribution in [3.05, 3.63) is 29.8 Å². The van der Waals surface area contributed by atoms with Gasteiger partial charge >= 0.3 is 0 Å². The van der Waals surface area contributed by atoms with Crippen molar-refractivity contribution in [3.8, 4) is 0 Å². The van der Waals surface area contributed by atoms with Crippen LogP contribution >= 0.6 is 0 Å². The Morgan fingerprint density at radius 2 is 1.83 bits per heavy atom. The number of hydrogen-bond donors (Lipinski definition) is 2. The maximum Gasteiger partial charge on any atom is 0.238 e. The highest BCUT2D eigenvalue weighted by molar-refractivity contribution is 5.92.